The van der Waals surface area contributed by atoms with Crippen LogP contribution in [0, 0.1) is 11.3 Å². The van der Waals surface area contributed by atoms with Gasteiger partial charge in [-0.25, -0.2) is 8.42 Å². The van der Waals surface area contributed by atoms with Crippen molar-refractivity contribution in [1.82, 2.24) is 4.31 Å². The van der Waals surface area contributed by atoms with E-state index in [1.54, 1.807) is 28.6 Å². The van der Waals surface area contributed by atoms with Crippen molar-refractivity contribution >= 4 is 37.5 Å². The molecule has 1 N–H and O–H groups in total. The number of carbonyl (C=O) groups is 1. The summed E-state index contributed by atoms with van der Waals surface area (Å²) in [5.41, 5.74) is 1.19. The smallest absolute Gasteiger partial charge is 0.255 e. The number of hydrogen-bond acceptors (Lipinski definition) is 4. The average Bonchev–Trinajstić information content (AvgIpc) is 2.69. The molecule has 1 amide bonds. The molecular weight excluding hydrogens is 442 g/mol. The van der Waals surface area contributed by atoms with Gasteiger partial charge in [0.25, 0.3) is 5.91 Å². The minimum absolute atomic E-state index is 0.00939. The van der Waals surface area contributed by atoms with E-state index in [0.717, 1.165) is 19.3 Å². The highest BCUT2D eigenvalue weighted by Crippen LogP contribution is 2.26. The third-order valence-electron chi connectivity index (χ3n) is 4.81. The van der Waals surface area contributed by atoms with Crippen LogP contribution in [0.5, 0.6) is 0 Å². The fourth-order valence-electron chi connectivity index (χ4n) is 3.23. The number of hydrogen-bond donors (Lipinski definition) is 1. The van der Waals surface area contributed by atoms with Crippen molar-refractivity contribution in [3.63, 3.8) is 0 Å². The zero-order valence-corrected chi connectivity index (χ0v) is 17.8. The number of piperidine rings is 1. The molecule has 1 fully saturated rings. The van der Waals surface area contributed by atoms with Gasteiger partial charge >= 0.3 is 0 Å². The molecule has 1 unspecified atom stereocenters. The lowest BCUT2D eigenvalue weighted by atomic mass is 10.1. The SMILES string of the molecule is CC1CCCCN1S(=O)(=O)c1ccc(NC(=O)c2ccc(Br)c(C#N)c2)cc1. The van der Waals surface area contributed by atoms with E-state index < -0.39 is 10.0 Å². The predicted octanol–water partition coefficient (Wildman–Crippen LogP) is 4.14. The lowest BCUT2D eigenvalue weighted by Gasteiger charge is -2.32. The summed E-state index contributed by atoms with van der Waals surface area (Å²) >= 11 is 3.25. The van der Waals surface area contributed by atoms with E-state index in [1.165, 1.54) is 18.2 Å². The second-order valence-electron chi connectivity index (χ2n) is 6.75. The first-order valence-corrected chi connectivity index (χ1v) is 11.2. The second-order valence-corrected chi connectivity index (χ2v) is 9.49. The Kier molecular flexibility index (Phi) is 6.18. The van der Waals surface area contributed by atoms with Gasteiger partial charge < -0.3 is 5.32 Å². The molecule has 2 aromatic carbocycles. The Labute approximate surface area is 173 Å². The van der Waals surface area contributed by atoms with E-state index in [1.807, 2.05) is 13.0 Å². The van der Waals surface area contributed by atoms with Crippen LogP contribution >= 0.6 is 15.9 Å². The topological polar surface area (TPSA) is 90.3 Å². The van der Waals surface area contributed by atoms with Crippen LogP contribution in [-0.2, 0) is 10.0 Å². The number of amides is 1. The second kappa shape index (κ2) is 8.43. The molecule has 1 aliphatic rings. The van der Waals surface area contributed by atoms with Crippen molar-refractivity contribution < 1.29 is 13.2 Å². The van der Waals surface area contributed by atoms with Gasteiger partial charge in [-0.05, 0) is 78.2 Å². The van der Waals surface area contributed by atoms with Crippen molar-refractivity contribution in [3.8, 4) is 6.07 Å². The first-order chi connectivity index (χ1) is 13.3. The Morgan fingerprint density at radius 2 is 1.93 bits per heavy atom. The molecule has 1 heterocycles. The maximum Gasteiger partial charge on any atom is 0.255 e. The lowest BCUT2D eigenvalue weighted by Crippen LogP contribution is -2.41. The number of nitriles is 1. The van der Waals surface area contributed by atoms with E-state index in [-0.39, 0.29) is 16.8 Å². The van der Waals surface area contributed by atoms with Gasteiger partial charge in [0, 0.05) is 28.3 Å². The maximum absolute atomic E-state index is 12.9. The Morgan fingerprint density at radius 3 is 2.57 bits per heavy atom. The first-order valence-electron chi connectivity index (χ1n) is 8.96. The number of sulfonamides is 1. The first kappa shape index (κ1) is 20.5. The Balaban J connectivity index is 1.76. The molecule has 8 heteroatoms. The molecule has 0 spiro atoms. The number of benzene rings is 2. The van der Waals surface area contributed by atoms with Crippen LogP contribution in [0.25, 0.3) is 0 Å². The lowest BCUT2D eigenvalue weighted by molar-refractivity contribution is 0.102. The van der Waals surface area contributed by atoms with Gasteiger partial charge in [0.1, 0.15) is 6.07 Å². The molecule has 1 saturated heterocycles. The van der Waals surface area contributed by atoms with Crippen LogP contribution in [0.1, 0.15) is 42.1 Å². The standard InChI is InChI=1S/C20H20BrN3O3S/c1-14-4-2-3-11-24(14)28(26,27)18-8-6-17(7-9-18)23-20(25)15-5-10-19(21)16(12-15)13-22/h5-10,12,14H,2-4,11H2,1H3,(H,23,25). The number of rotatable bonds is 4. The Hall–Kier alpha value is -2.21. The van der Waals surface area contributed by atoms with Crippen molar-refractivity contribution in [2.45, 2.75) is 37.1 Å². The number of nitrogens with one attached hydrogen (secondary N) is 1. The van der Waals surface area contributed by atoms with Gasteiger partial charge in [0.2, 0.25) is 10.0 Å². The molecule has 0 aliphatic carbocycles. The van der Waals surface area contributed by atoms with Crippen molar-refractivity contribution in [1.29, 1.82) is 5.26 Å². The molecule has 28 heavy (non-hydrogen) atoms. The molecule has 146 valence electrons. The van der Waals surface area contributed by atoms with E-state index in [0.29, 0.717) is 27.8 Å². The van der Waals surface area contributed by atoms with Crippen LogP contribution in [0.3, 0.4) is 0 Å². The molecule has 0 radical (unpaired) electrons. The molecule has 0 aromatic heterocycles. The van der Waals surface area contributed by atoms with E-state index in [4.69, 9.17) is 5.26 Å². The monoisotopic (exact) mass is 461 g/mol. The quantitative estimate of drug-likeness (QED) is 0.740. The van der Waals surface area contributed by atoms with Gasteiger partial charge in [-0.3, -0.25) is 4.79 Å². The molecule has 0 saturated carbocycles. The molecule has 0 bridgehead atoms. The zero-order chi connectivity index (χ0) is 20.3. The summed E-state index contributed by atoms with van der Waals surface area (Å²) in [4.78, 5) is 12.6. The molecular formula is C20H20BrN3O3S. The van der Waals surface area contributed by atoms with Crippen molar-refractivity contribution in [2.75, 3.05) is 11.9 Å². The largest absolute Gasteiger partial charge is 0.322 e. The average molecular weight is 462 g/mol. The van der Waals surface area contributed by atoms with Crippen LogP contribution in [0.4, 0.5) is 5.69 Å². The Bertz CT molecular complexity index is 1030. The third kappa shape index (κ3) is 4.27. The van der Waals surface area contributed by atoms with Gasteiger partial charge in [0.15, 0.2) is 0 Å². The third-order valence-corrected chi connectivity index (χ3v) is 7.53. The van der Waals surface area contributed by atoms with Gasteiger partial charge in [-0.2, -0.15) is 9.57 Å². The van der Waals surface area contributed by atoms with E-state index >= 15 is 0 Å². The fraction of sp³-hybridized carbons (Fsp3) is 0.300. The molecule has 3 rings (SSSR count). The molecule has 1 aliphatic heterocycles. The maximum atomic E-state index is 12.9. The summed E-state index contributed by atoms with van der Waals surface area (Å²) in [6.45, 7) is 2.46. The summed E-state index contributed by atoms with van der Waals surface area (Å²) in [6, 6.07) is 12.9. The predicted molar refractivity (Wildman–Crippen MR) is 110 cm³/mol. The normalized spacial score (nSPS) is 17.7. The summed E-state index contributed by atoms with van der Waals surface area (Å²) in [7, 11) is -3.54. The number of anilines is 1. The van der Waals surface area contributed by atoms with Gasteiger partial charge in [-0.15, -0.1) is 0 Å². The minimum Gasteiger partial charge on any atom is -0.322 e. The molecule has 6 nitrogen and oxygen atoms in total. The summed E-state index contributed by atoms with van der Waals surface area (Å²) < 4.78 is 27.9. The summed E-state index contributed by atoms with van der Waals surface area (Å²) in [5, 5.41) is 11.8. The van der Waals surface area contributed by atoms with Crippen molar-refractivity contribution in [2.24, 2.45) is 0 Å². The number of carbonyl (C=O) groups excluding carboxylic acids is 1. The zero-order valence-electron chi connectivity index (χ0n) is 15.4. The Morgan fingerprint density at radius 1 is 1.21 bits per heavy atom. The molecule has 2 aromatic rings. The highest BCUT2D eigenvalue weighted by Gasteiger charge is 2.30. The number of nitrogens with zero attached hydrogens (tertiary/aromatic N) is 2. The van der Waals surface area contributed by atoms with E-state index in [2.05, 4.69) is 21.2 Å². The van der Waals surface area contributed by atoms with Gasteiger partial charge in [0.05, 0.1) is 10.5 Å². The van der Waals surface area contributed by atoms with Crippen molar-refractivity contribution in [3.05, 3.63) is 58.1 Å². The summed E-state index contributed by atoms with van der Waals surface area (Å²) in [5.74, 6) is -0.371. The van der Waals surface area contributed by atoms with Crippen LogP contribution in [-0.4, -0.2) is 31.2 Å². The van der Waals surface area contributed by atoms with Crippen LogP contribution in [0.15, 0.2) is 51.8 Å². The fourth-order valence-corrected chi connectivity index (χ4v) is 5.26. The minimum atomic E-state index is -3.54. The number of halogens is 1. The summed E-state index contributed by atoms with van der Waals surface area (Å²) in [6.07, 6.45) is 2.78. The van der Waals surface area contributed by atoms with E-state index in [9.17, 15) is 13.2 Å². The van der Waals surface area contributed by atoms with Crippen LogP contribution < -0.4 is 5.32 Å². The highest BCUT2D eigenvalue weighted by molar-refractivity contribution is 9.10. The van der Waals surface area contributed by atoms with Gasteiger partial charge in [-0.1, -0.05) is 6.42 Å². The highest BCUT2D eigenvalue weighted by atomic mass is 79.9. The molecule has 1 atom stereocenters. The van der Waals surface area contributed by atoms with Crippen LogP contribution in [0.2, 0.25) is 0 Å².